The van der Waals surface area contributed by atoms with Gasteiger partial charge in [0.25, 0.3) is 0 Å². The lowest BCUT2D eigenvalue weighted by Crippen LogP contribution is -2.31. The third-order valence-electron chi connectivity index (χ3n) is 3.93. The maximum atomic E-state index is 11.2. The quantitative estimate of drug-likeness (QED) is 0.884. The lowest BCUT2D eigenvalue weighted by molar-refractivity contribution is 0.1000. The van der Waals surface area contributed by atoms with Crippen LogP contribution < -0.4 is 10.6 Å². The molecule has 3 heterocycles. The summed E-state index contributed by atoms with van der Waals surface area (Å²) in [5.41, 5.74) is 5.56. The van der Waals surface area contributed by atoms with Gasteiger partial charge in [0, 0.05) is 39.3 Å². The van der Waals surface area contributed by atoms with E-state index in [-0.39, 0.29) is 0 Å². The van der Waals surface area contributed by atoms with Gasteiger partial charge in [-0.2, -0.15) is 4.98 Å². The lowest BCUT2D eigenvalue weighted by atomic mass is 10.2. The molecular formula is C15H19ClN6O2. The van der Waals surface area contributed by atoms with Gasteiger partial charge in [-0.1, -0.05) is 16.8 Å². The van der Waals surface area contributed by atoms with Crippen LogP contribution in [0.5, 0.6) is 0 Å². The first-order valence-electron chi connectivity index (χ1n) is 7.75. The van der Waals surface area contributed by atoms with Crippen LogP contribution in [-0.4, -0.2) is 52.1 Å². The van der Waals surface area contributed by atoms with Crippen LogP contribution in [0.4, 0.5) is 5.82 Å². The van der Waals surface area contributed by atoms with E-state index < -0.39 is 5.91 Å². The molecule has 1 aliphatic rings. The molecular weight excluding hydrogens is 332 g/mol. The number of nitrogens with zero attached hydrogens (tertiary/aromatic N) is 5. The standard InChI is InChI=1S/C15H19ClN6O2/c1-10-19-13(20-24-10)9-21-3-2-4-22(6-5-21)15-12(16)7-11(8-18-15)14(17)23/h7-8H,2-6,9H2,1H3,(H2,17,23). The first-order chi connectivity index (χ1) is 11.5. The second-order valence-electron chi connectivity index (χ2n) is 5.74. The highest BCUT2D eigenvalue weighted by Crippen LogP contribution is 2.25. The molecule has 2 N–H and O–H groups in total. The average molecular weight is 351 g/mol. The van der Waals surface area contributed by atoms with Crippen LogP contribution in [-0.2, 0) is 6.54 Å². The minimum Gasteiger partial charge on any atom is -0.366 e. The van der Waals surface area contributed by atoms with Crippen molar-refractivity contribution in [2.75, 3.05) is 31.1 Å². The van der Waals surface area contributed by atoms with Gasteiger partial charge in [-0.05, 0) is 12.5 Å². The van der Waals surface area contributed by atoms with E-state index in [0.29, 0.717) is 34.7 Å². The van der Waals surface area contributed by atoms with Crippen LogP contribution in [0.15, 0.2) is 16.8 Å². The summed E-state index contributed by atoms with van der Waals surface area (Å²) >= 11 is 6.27. The largest absolute Gasteiger partial charge is 0.366 e. The third-order valence-corrected chi connectivity index (χ3v) is 4.21. The number of primary amides is 1. The third kappa shape index (κ3) is 3.82. The molecule has 0 spiro atoms. The number of aryl methyl sites for hydroxylation is 1. The maximum absolute atomic E-state index is 11.2. The number of carbonyl (C=O) groups is 1. The molecule has 1 fully saturated rings. The van der Waals surface area contributed by atoms with E-state index in [1.165, 1.54) is 6.20 Å². The zero-order valence-electron chi connectivity index (χ0n) is 13.4. The van der Waals surface area contributed by atoms with Gasteiger partial charge < -0.3 is 15.2 Å². The Bertz CT molecular complexity index is 735. The molecule has 0 bridgehead atoms. The Labute approximate surface area is 144 Å². The highest BCUT2D eigenvalue weighted by atomic mass is 35.5. The summed E-state index contributed by atoms with van der Waals surface area (Å²) in [7, 11) is 0. The fourth-order valence-electron chi connectivity index (χ4n) is 2.74. The van der Waals surface area contributed by atoms with Gasteiger partial charge in [-0.3, -0.25) is 9.69 Å². The van der Waals surface area contributed by atoms with E-state index >= 15 is 0 Å². The summed E-state index contributed by atoms with van der Waals surface area (Å²) in [6.07, 6.45) is 2.43. The molecule has 0 saturated carbocycles. The van der Waals surface area contributed by atoms with Crippen LogP contribution in [0.25, 0.3) is 0 Å². The summed E-state index contributed by atoms with van der Waals surface area (Å²) in [6.45, 7) is 5.82. The number of carbonyl (C=O) groups excluding carboxylic acids is 1. The Balaban J connectivity index is 1.66. The number of hydrogen-bond acceptors (Lipinski definition) is 7. The van der Waals surface area contributed by atoms with Crippen molar-refractivity contribution >= 4 is 23.3 Å². The Kier molecular flexibility index (Phi) is 4.96. The number of anilines is 1. The van der Waals surface area contributed by atoms with Crippen molar-refractivity contribution < 1.29 is 9.32 Å². The summed E-state index contributed by atoms with van der Waals surface area (Å²) in [5.74, 6) is 1.42. The van der Waals surface area contributed by atoms with Gasteiger partial charge in [-0.15, -0.1) is 0 Å². The average Bonchev–Trinajstić information content (AvgIpc) is 2.81. The van der Waals surface area contributed by atoms with E-state index in [1.807, 2.05) is 0 Å². The maximum Gasteiger partial charge on any atom is 0.250 e. The summed E-state index contributed by atoms with van der Waals surface area (Å²) < 4.78 is 5.01. The van der Waals surface area contributed by atoms with Crippen molar-refractivity contribution in [2.24, 2.45) is 5.73 Å². The fourth-order valence-corrected chi connectivity index (χ4v) is 3.03. The Morgan fingerprint density at radius 2 is 2.21 bits per heavy atom. The van der Waals surface area contributed by atoms with Crippen LogP contribution in [0.3, 0.4) is 0 Å². The Hall–Kier alpha value is -2.19. The monoisotopic (exact) mass is 350 g/mol. The van der Waals surface area contributed by atoms with E-state index in [4.69, 9.17) is 21.9 Å². The fraction of sp³-hybridized carbons (Fsp3) is 0.467. The molecule has 0 radical (unpaired) electrons. The topological polar surface area (TPSA) is 101 Å². The molecule has 8 nitrogen and oxygen atoms in total. The van der Waals surface area contributed by atoms with Crippen molar-refractivity contribution in [1.29, 1.82) is 0 Å². The van der Waals surface area contributed by atoms with Crippen molar-refractivity contribution in [3.63, 3.8) is 0 Å². The molecule has 1 amide bonds. The normalized spacial score (nSPS) is 16.2. The van der Waals surface area contributed by atoms with E-state index in [0.717, 1.165) is 32.6 Å². The van der Waals surface area contributed by atoms with Gasteiger partial charge in [-0.25, -0.2) is 4.98 Å². The number of rotatable bonds is 4. The predicted octanol–water partition coefficient (Wildman–Crippen LogP) is 1.24. The minimum absolute atomic E-state index is 0.313. The number of hydrogen-bond donors (Lipinski definition) is 1. The summed E-state index contributed by atoms with van der Waals surface area (Å²) in [6, 6.07) is 1.57. The number of amides is 1. The van der Waals surface area contributed by atoms with Gasteiger partial charge in [0.15, 0.2) is 5.82 Å². The minimum atomic E-state index is -0.534. The van der Waals surface area contributed by atoms with Crippen molar-refractivity contribution in [3.05, 3.63) is 34.6 Å². The SMILES string of the molecule is Cc1nc(CN2CCCN(c3ncc(C(N)=O)cc3Cl)CC2)no1. The molecule has 2 aromatic heterocycles. The molecule has 9 heteroatoms. The van der Waals surface area contributed by atoms with Crippen LogP contribution in [0.2, 0.25) is 5.02 Å². The number of nitrogens with two attached hydrogens (primary N) is 1. The smallest absolute Gasteiger partial charge is 0.250 e. The van der Waals surface area contributed by atoms with Crippen LogP contribution >= 0.6 is 11.6 Å². The number of halogens is 1. The Morgan fingerprint density at radius 1 is 1.38 bits per heavy atom. The van der Waals surface area contributed by atoms with E-state index in [1.54, 1.807) is 13.0 Å². The second kappa shape index (κ2) is 7.14. The highest BCUT2D eigenvalue weighted by Gasteiger charge is 2.20. The van der Waals surface area contributed by atoms with Crippen LogP contribution in [0, 0.1) is 6.92 Å². The molecule has 0 aromatic carbocycles. The van der Waals surface area contributed by atoms with Gasteiger partial charge in [0.1, 0.15) is 5.82 Å². The summed E-state index contributed by atoms with van der Waals surface area (Å²) in [4.78, 5) is 24.1. The molecule has 3 rings (SSSR count). The van der Waals surface area contributed by atoms with Crippen molar-refractivity contribution in [1.82, 2.24) is 20.0 Å². The molecule has 24 heavy (non-hydrogen) atoms. The number of aromatic nitrogens is 3. The first-order valence-corrected chi connectivity index (χ1v) is 8.12. The van der Waals surface area contributed by atoms with Gasteiger partial charge in [0.2, 0.25) is 11.8 Å². The lowest BCUT2D eigenvalue weighted by Gasteiger charge is -2.23. The molecule has 1 aliphatic heterocycles. The van der Waals surface area contributed by atoms with Gasteiger partial charge >= 0.3 is 0 Å². The Morgan fingerprint density at radius 3 is 2.88 bits per heavy atom. The van der Waals surface area contributed by atoms with E-state index in [9.17, 15) is 4.79 Å². The highest BCUT2D eigenvalue weighted by molar-refractivity contribution is 6.33. The molecule has 1 saturated heterocycles. The molecule has 2 aromatic rings. The molecule has 0 unspecified atom stereocenters. The second-order valence-corrected chi connectivity index (χ2v) is 6.15. The van der Waals surface area contributed by atoms with E-state index in [2.05, 4.69) is 24.9 Å². The first kappa shape index (κ1) is 16.7. The van der Waals surface area contributed by atoms with Crippen LogP contribution in [0.1, 0.15) is 28.5 Å². The molecule has 0 aliphatic carbocycles. The van der Waals surface area contributed by atoms with Crippen molar-refractivity contribution in [2.45, 2.75) is 19.9 Å². The summed E-state index contributed by atoms with van der Waals surface area (Å²) in [5, 5.41) is 4.38. The number of pyridine rings is 1. The molecule has 0 atom stereocenters. The predicted molar refractivity (Wildman–Crippen MR) is 88.9 cm³/mol. The van der Waals surface area contributed by atoms with Gasteiger partial charge in [0.05, 0.1) is 17.1 Å². The zero-order valence-corrected chi connectivity index (χ0v) is 14.2. The van der Waals surface area contributed by atoms with Crippen molar-refractivity contribution in [3.8, 4) is 0 Å². The zero-order chi connectivity index (χ0) is 17.1. The molecule has 128 valence electrons.